The van der Waals surface area contributed by atoms with Gasteiger partial charge in [-0.2, -0.15) is 4.98 Å². The molecule has 2 aliphatic rings. The van der Waals surface area contributed by atoms with Crippen molar-refractivity contribution in [1.29, 1.82) is 0 Å². The quantitative estimate of drug-likeness (QED) is 0.0514. The van der Waals surface area contributed by atoms with Gasteiger partial charge in [-0.15, -0.1) is 5.10 Å². The van der Waals surface area contributed by atoms with Gasteiger partial charge in [0.05, 0.1) is 30.6 Å². The molecule has 2 saturated heterocycles. The van der Waals surface area contributed by atoms with E-state index >= 15 is 0 Å². The van der Waals surface area contributed by atoms with Gasteiger partial charge >= 0.3 is 59.1 Å². The van der Waals surface area contributed by atoms with Crippen molar-refractivity contribution in [3.63, 3.8) is 0 Å². The number of sulfone groups is 1. The first kappa shape index (κ1) is 46.1. The fraction of sp³-hybridized carbons (Fsp3) is 0.480. The van der Waals surface area contributed by atoms with Crippen LogP contribution in [0.4, 0.5) is 5.95 Å². The molecule has 0 bridgehead atoms. The van der Waals surface area contributed by atoms with Crippen LogP contribution in [0.1, 0.15) is 11.8 Å². The summed E-state index contributed by atoms with van der Waals surface area (Å²) < 4.78 is 76.7. The summed E-state index contributed by atoms with van der Waals surface area (Å²) in [6, 6.07) is 5.83. The molecule has 6 rings (SSSR count). The van der Waals surface area contributed by atoms with E-state index in [0.717, 1.165) is 27.3 Å². The Hall–Kier alpha value is -1.56. The van der Waals surface area contributed by atoms with E-state index in [1.54, 1.807) is 19.1 Å². The number of aromatic amines is 1. The van der Waals surface area contributed by atoms with Crippen molar-refractivity contribution in [3.8, 4) is 0 Å². The number of ether oxygens (including phenoxy) is 2. The van der Waals surface area contributed by atoms with E-state index in [0.29, 0.717) is 0 Å². The number of aliphatic hydroxyl groups excluding tert-OH is 5. The molecule has 8 N–H and O–H groups in total. The number of nitrogen functional groups attached to an aromatic ring is 1. The van der Waals surface area contributed by atoms with E-state index in [-0.39, 0.29) is 81.1 Å². The number of nitrogens with one attached hydrogen (secondary N) is 1. The Morgan fingerprint density at radius 1 is 0.964 bits per heavy atom. The Balaban J connectivity index is 0.00000336. The average molecular weight is 855 g/mol. The minimum atomic E-state index is -6.07. The number of benzene rings is 1. The Morgan fingerprint density at radius 2 is 1.62 bits per heavy atom. The van der Waals surface area contributed by atoms with Crippen molar-refractivity contribution in [3.05, 3.63) is 52.7 Å². The molecule has 0 spiro atoms. The third-order valence-corrected chi connectivity index (χ3v) is 12.2. The molecule has 290 valence electrons. The summed E-state index contributed by atoms with van der Waals surface area (Å²) in [5.74, 6) is -0.311. The van der Waals surface area contributed by atoms with Crippen LogP contribution in [0.3, 0.4) is 0 Å². The maximum atomic E-state index is 12.9. The first-order valence-electron chi connectivity index (χ1n) is 15.1. The molecule has 0 radical (unpaired) electrons. The molecule has 0 aliphatic carbocycles. The van der Waals surface area contributed by atoms with Gasteiger partial charge in [-0.05, 0) is 19.1 Å². The number of fused-ring (bicyclic) bond motifs is 1. The van der Waals surface area contributed by atoms with Crippen LogP contribution < -0.4 is 80.2 Å². The number of hydrogen-bond donors (Lipinski definition) is 7. The van der Waals surface area contributed by atoms with Gasteiger partial charge in [0.2, 0.25) is 20.8 Å². The Bertz CT molecular complexity index is 2250. The van der Waals surface area contributed by atoms with Gasteiger partial charge in [-0.3, -0.25) is 28.0 Å². The predicted molar refractivity (Wildman–Crippen MR) is 165 cm³/mol. The number of aliphatic hydroxyl groups is 5. The van der Waals surface area contributed by atoms with Crippen molar-refractivity contribution in [2.75, 3.05) is 12.3 Å². The summed E-state index contributed by atoms with van der Waals surface area (Å²) in [5, 5.41) is 58.9. The molecule has 11 atom stereocenters. The smallest absolute Gasteiger partial charge is 0.756 e. The van der Waals surface area contributed by atoms with Gasteiger partial charge in [-0.1, -0.05) is 22.9 Å². The summed E-state index contributed by atoms with van der Waals surface area (Å²) in [6.07, 6.45) is -15.2. The van der Waals surface area contributed by atoms with Crippen LogP contribution in [-0.2, 0) is 48.3 Å². The summed E-state index contributed by atoms with van der Waals surface area (Å²) in [7, 11) is -16.1. The molecule has 2 aliphatic heterocycles. The van der Waals surface area contributed by atoms with Gasteiger partial charge in [0.1, 0.15) is 42.7 Å². The van der Waals surface area contributed by atoms with Crippen LogP contribution in [0.15, 0.2) is 51.5 Å². The monoisotopic (exact) mass is 854 g/mol. The van der Waals surface area contributed by atoms with E-state index in [4.69, 9.17) is 15.2 Å². The second-order valence-corrected chi connectivity index (χ2v) is 16.6. The number of rotatable bonds is 12. The molecule has 0 saturated carbocycles. The second-order valence-electron chi connectivity index (χ2n) is 11.8. The molecular formula is C25H30N8Na2O17P2S. The van der Waals surface area contributed by atoms with Crippen molar-refractivity contribution in [2.24, 2.45) is 0 Å². The summed E-state index contributed by atoms with van der Waals surface area (Å²) in [6.45, 7) is 0.0386. The summed E-state index contributed by atoms with van der Waals surface area (Å²) in [5.41, 5.74) is 5.26. The van der Waals surface area contributed by atoms with Crippen molar-refractivity contribution < 1.29 is 135 Å². The summed E-state index contributed by atoms with van der Waals surface area (Å²) >= 11 is 0. The number of imidazole rings is 1. The van der Waals surface area contributed by atoms with E-state index in [1.165, 1.54) is 12.1 Å². The molecule has 3 aromatic heterocycles. The Kier molecular flexibility index (Phi) is 14.9. The maximum Gasteiger partial charge on any atom is 1.00 e. The first-order valence-corrected chi connectivity index (χ1v) is 19.5. The standard InChI is InChI=1S/C25H32N8O17P2S.2Na/c1-10-2-4-11(5-3-10)53(44,45)14-7-32(31-30-14)6-12-16(34)18(36)20(38)24(48-12)49-52(42,43)50-51(40,41)46-8-13-17(35)19(37)23(47-13)33-9-27-15-21(33)28-25(26)29-22(15)39;;/h2-5,7,9,12-13,16-20,23-24,34-38H,6,8H2,1H3,(H,40,41)(H,42,43)(H3,26,28,29,39);;/q;2*+1/p-2/t12-,13+,16+,17+,18+,19+,20-,23+,24+;;/m0../s1. The van der Waals surface area contributed by atoms with Crippen LogP contribution in [0, 0.1) is 6.92 Å². The van der Waals surface area contributed by atoms with E-state index in [9.17, 15) is 57.7 Å². The molecule has 30 heteroatoms. The molecule has 25 nitrogen and oxygen atoms in total. The Labute approximate surface area is 353 Å². The number of nitrogens with two attached hydrogens (primary N) is 1. The zero-order chi connectivity index (χ0) is 38.6. The van der Waals surface area contributed by atoms with Crippen LogP contribution in [0.2, 0.25) is 0 Å². The van der Waals surface area contributed by atoms with Crippen molar-refractivity contribution in [1.82, 2.24) is 34.5 Å². The number of phosphoric ester groups is 2. The fourth-order valence-electron chi connectivity index (χ4n) is 5.35. The van der Waals surface area contributed by atoms with Gasteiger partial charge < -0.3 is 55.1 Å². The molecule has 55 heavy (non-hydrogen) atoms. The van der Waals surface area contributed by atoms with E-state index in [1.807, 2.05) is 0 Å². The molecule has 2 fully saturated rings. The Morgan fingerprint density at radius 3 is 2.29 bits per heavy atom. The van der Waals surface area contributed by atoms with Gasteiger partial charge in [0.25, 0.3) is 21.2 Å². The fourth-order valence-corrected chi connectivity index (χ4v) is 8.57. The zero-order valence-corrected chi connectivity index (χ0v) is 35.4. The van der Waals surface area contributed by atoms with Gasteiger partial charge in [0.15, 0.2) is 23.7 Å². The molecule has 1 aromatic carbocycles. The molecule has 2 unspecified atom stereocenters. The normalized spacial score (nSPS) is 29.2. The zero-order valence-electron chi connectivity index (χ0n) is 28.8. The van der Waals surface area contributed by atoms with Crippen LogP contribution in [0.5, 0.6) is 0 Å². The third kappa shape index (κ3) is 10.0. The minimum absolute atomic E-state index is 0. The van der Waals surface area contributed by atoms with Gasteiger partial charge in [-0.25, -0.2) is 22.4 Å². The van der Waals surface area contributed by atoms with E-state index < -0.39 is 104 Å². The SMILES string of the molecule is Cc1ccc(S(=O)(=O)c2cn(C[C@@H]3O[C@H](OP(=O)([O-])OP(=O)([O-])OC[C@H]4O[C@@H](n5cnc6c(=O)[nH]c(N)nc65)[C@H](O)[C@@H]4O)[C@@H](O)[C@H](O)[C@@H]3O)nn2)cc1.[Na+].[Na+]. The number of nitrogens with zero attached hydrogens (tertiary/aromatic N) is 6. The molecule has 0 amide bonds. The molecule has 4 aromatic rings. The maximum absolute atomic E-state index is 12.9. The van der Waals surface area contributed by atoms with Crippen LogP contribution in [-0.4, -0.2) is 124 Å². The van der Waals surface area contributed by atoms with E-state index in [2.05, 4.69) is 38.6 Å². The molecule has 5 heterocycles. The largest absolute Gasteiger partial charge is 1.00 e. The number of anilines is 1. The number of aryl methyl sites for hydroxylation is 1. The third-order valence-electron chi connectivity index (χ3n) is 8.05. The van der Waals surface area contributed by atoms with Gasteiger partial charge in [0, 0.05) is 0 Å². The number of phosphoric acid groups is 2. The topological polar surface area (TPSA) is 382 Å². The van der Waals surface area contributed by atoms with Crippen molar-refractivity contribution in [2.45, 2.75) is 78.6 Å². The predicted octanol–water partition coefficient (Wildman–Crippen LogP) is -10.4. The second kappa shape index (κ2) is 17.7. The number of H-pyrrole nitrogens is 1. The summed E-state index contributed by atoms with van der Waals surface area (Å²) in [4.78, 5) is 47.0. The number of aromatic nitrogens is 7. The first-order chi connectivity index (χ1) is 24.8. The van der Waals surface area contributed by atoms with Crippen molar-refractivity contribution >= 4 is 42.6 Å². The minimum Gasteiger partial charge on any atom is -0.756 e. The average Bonchev–Trinajstić information content (AvgIpc) is 3.79. The van der Waals surface area contributed by atoms with Crippen LogP contribution in [0.25, 0.3) is 11.2 Å². The van der Waals surface area contributed by atoms with Crippen LogP contribution >= 0.6 is 15.6 Å². The number of hydrogen-bond acceptors (Lipinski definition) is 22. The molecular weight excluding hydrogens is 824 g/mol.